The van der Waals surface area contributed by atoms with Crippen LogP contribution in [0.15, 0.2) is 18.5 Å². The van der Waals surface area contributed by atoms with E-state index in [1.807, 2.05) is 16.9 Å². The second-order valence-electron chi connectivity index (χ2n) is 5.74. The highest BCUT2D eigenvalue weighted by Crippen LogP contribution is 2.41. The van der Waals surface area contributed by atoms with Gasteiger partial charge in [0.2, 0.25) is 0 Å². The summed E-state index contributed by atoms with van der Waals surface area (Å²) in [5.74, 6) is -1.17. The van der Waals surface area contributed by atoms with E-state index in [-0.39, 0.29) is 18.1 Å². The van der Waals surface area contributed by atoms with Gasteiger partial charge in [-0.1, -0.05) is 0 Å². The summed E-state index contributed by atoms with van der Waals surface area (Å²) < 4.78 is 1.83. The number of aliphatic carboxylic acids is 1. The second-order valence-corrected chi connectivity index (χ2v) is 5.74. The van der Waals surface area contributed by atoms with E-state index in [1.165, 1.54) is 0 Å². The lowest BCUT2D eigenvalue weighted by atomic mass is 9.89. The first kappa shape index (κ1) is 13.9. The molecule has 0 aromatic carbocycles. The molecule has 1 aromatic rings. The van der Waals surface area contributed by atoms with E-state index in [4.69, 9.17) is 0 Å². The van der Waals surface area contributed by atoms with Crippen LogP contribution < -0.4 is 5.32 Å². The van der Waals surface area contributed by atoms with Gasteiger partial charge in [0.05, 0.1) is 5.92 Å². The number of carbonyl (C=O) groups excluding carboxylic acids is 1. The lowest BCUT2D eigenvalue weighted by Crippen LogP contribution is -2.44. The Bertz CT molecular complexity index is 516. The van der Waals surface area contributed by atoms with Gasteiger partial charge in [-0.3, -0.25) is 9.48 Å². The molecule has 3 rings (SSSR count). The summed E-state index contributed by atoms with van der Waals surface area (Å²) in [6.07, 6.45) is 6.75. The number of hydrogen-bond acceptors (Lipinski definition) is 3. The molecule has 2 bridgehead atoms. The lowest BCUT2D eigenvalue weighted by Gasteiger charge is -2.23. The van der Waals surface area contributed by atoms with E-state index in [0.717, 1.165) is 25.8 Å². The summed E-state index contributed by atoms with van der Waals surface area (Å²) in [7, 11) is 0. The highest BCUT2D eigenvalue weighted by Gasteiger charge is 2.51. The van der Waals surface area contributed by atoms with Gasteiger partial charge < -0.3 is 15.3 Å². The number of nitrogens with zero attached hydrogens (tertiary/aromatic N) is 3. The number of hydrogen-bond donors (Lipinski definition) is 2. The standard InChI is InChI=1S/C14H20N4O3/c19-13(20)11-9-10-3-4-12(11)18(10)14(21)15-5-1-7-17-8-2-6-16-17/h2,6,8,10-12H,1,3-5,7,9H2,(H,15,21)(H,19,20). The molecule has 2 aliphatic heterocycles. The molecular formula is C14H20N4O3. The smallest absolute Gasteiger partial charge is 0.317 e. The van der Waals surface area contributed by atoms with Gasteiger partial charge in [-0.15, -0.1) is 0 Å². The Kier molecular flexibility index (Phi) is 3.81. The van der Waals surface area contributed by atoms with Gasteiger partial charge in [-0.2, -0.15) is 5.10 Å². The molecule has 3 atom stereocenters. The van der Waals surface area contributed by atoms with Crippen molar-refractivity contribution >= 4 is 12.0 Å². The molecule has 0 aliphatic carbocycles. The van der Waals surface area contributed by atoms with Crippen molar-refractivity contribution in [2.45, 2.75) is 44.3 Å². The summed E-state index contributed by atoms with van der Waals surface area (Å²) in [6, 6.07) is 1.72. The molecule has 2 fully saturated rings. The number of amides is 2. The van der Waals surface area contributed by atoms with E-state index in [9.17, 15) is 14.7 Å². The molecule has 2 N–H and O–H groups in total. The zero-order chi connectivity index (χ0) is 14.8. The third kappa shape index (κ3) is 2.72. The van der Waals surface area contributed by atoms with Crippen LogP contribution in [0.4, 0.5) is 4.79 Å². The van der Waals surface area contributed by atoms with Gasteiger partial charge in [0.25, 0.3) is 0 Å². The predicted molar refractivity (Wildman–Crippen MR) is 74.6 cm³/mol. The van der Waals surface area contributed by atoms with Crippen molar-refractivity contribution in [2.24, 2.45) is 5.92 Å². The molecule has 2 aliphatic rings. The van der Waals surface area contributed by atoms with Crippen LogP contribution in [-0.2, 0) is 11.3 Å². The number of aromatic nitrogens is 2. The number of carboxylic acid groups (broad SMARTS) is 1. The first-order valence-corrected chi connectivity index (χ1v) is 7.43. The quantitative estimate of drug-likeness (QED) is 0.790. The monoisotopic (exact) mass is 292 g/mol. The number of fused-ring (bicyclic) bond motifs is 2. The van der Waals surface area contributed by atoms with Crippen molar-refractivity contribution in [3.8, 4) is 0 Å². The van der Waals surface area contributed by atoms with Crippen LogP contribution in [0.3, 0.4) is 0 Å². The number of rotatable bonds is 5. The molecule has 7 heteroatoms. The van der Waals surface area contributed by atoms with Crippen molar-refractivity contribution in [3.63, 3.8) is 0 Å². The first-order chi connectivity index (χ1) is 10.2. The van der Waals surface area contributed by atoms with Crippen molar-refractivity contribution in [1.29, 1.82) is 0 Å². The van der Waals surface area contributed by atoms with E-state index >= 15 is 0 Å². The van der Waals surface area contributed by atoms with Crippen molar-refractivity contribution in [1.82, 2.24) is 20.0 Å². The van der Waals surface area contributed by atoms with E-state index in [1.54, 1.807) is 11.1 Å². The fourth-order valence-electron chi connectivity index (χ4n) is 3.53. The van der Waals surface area contributed by atoms with Crippen molar-refractivity contribution < 1.29 is 14.7 Å². The topological polar surface area (TPSA) is 87.5 Å². The third-order valence-electron chi connectivity index (χ3n) is 4.49. The number of carboxylic acids is 1. The first-order valence-electron chi connectivity index (χ1n) is 7.43. The Morgan fingerprint density at radius 1 is 1.38 bits per heavy atom. The minimum absolute atomic E-state index is 0.0993. The fraction of sp³-hybridized carbons (Fsp3) is 0.643. The molecule has 2 saturated heterocycles. The summed E-state index contributed by atoms with van der Waals surface area (Å²) >= 11 is 0. The maximum Gasteiger partial charge on any atom is 0.317 e. The van der Waals surface area contributed by atoms with Gasteiger partial charge in [0.1, 0.15) is 0 Å². The average molecular weight is 292 g/mol. The zero-order valence-corrected chi connectivity index (χ0v) is 11.8. The zero-order valence-electron chi connectivity index (χ0n) is 11.8. The van der Waals surface area contributed by atoms with Crippen LogP contribution in [-0.4, -0.2) is 50.4 Å². The van der Waals surface area contributed by atoms with Crippen molar-refractivity contribution in [2.75, 3.05) is 6.54 Å². The van der Waals surface area contributed by atoms with Crippen LogP contribution in [0.25, 0.3) is 0 Å². The molecule has 3 heterocycles. The van der Waals surface area contributed by atoms with Crippen LogP contribution in [0.1, 0.15) is 25.7 Å². The molecule has 2 amide bonds. The molecule has 7 nitrogen and oxygen atoms in total. The normalized spacial score (nSPS) is 27.0. The molecule has 0 spiro atoms. The highest BCUT2D eigenvalue weighted by atomic mass is 16.4. The maximum atomic E-state index is 12.2. The largest absolute Gasteiger partial charge is 0.481 e. The predicted octanol–water partition coefficient (Wildman–Crippen LogP) is 0.920. The van der Waals surface area contributed by atoms with E-state index < -0.39 is 11.9 Å². The van der Waals surface area contributed by atoms with Crippen LogP contribution >= 0.6 is 0 Å². The number of aryl methyl sites for hydroxylation is 1. The SMILES string of the molecule is O=C(O)C1CC2CCC1N2C(=O)NCCCn1cccn1. The molecule has 0 radical (unpaired) electrons. The average Bonchev–Trinajstić information content (AvgIpc) is 3.18. The number of carbonyl (C=O) groups is 2. The number of urea groups is 1. The Labute approximate surface area is 122 Å². The van der Waals surface area contributed by atoms with Gasteiger partial charge in [-0.25, -0.2) is 4.79 Å². The second kappa shape index (κ2) is 5.75. The van der Waals surface area contributed by atoms with Gasteiger partial charge in [0, 0.05) is 37.6 Å². The summed E-state index contributed by atoms with van der Waals surface area (Å²) in [6.45, 7) is 1.34. The number of nitrogens with one attached hydrogen (secondary N) is 1. The van der Waals surface area contributed by atoms with Gasteiger partial charge >= 0.3 is 12.0 Å². The molecule has 21 heavy (non-hydrogen) atoms. The Hall–Kier alpha value is -2.05. The molecule has 1 aromatic heterocycles. The molecule has 114 valence electrons. The molecule has 0 saturated carbocycles. The lowest BCUT2D eigenvalue weighted by molar-refractivity contribution is -0.142. The Morgan fingerprint density at radius 3 is 2.90 bits per heavy atom. The highest BCUT2D eigenvalue weighted by molar-refractivity contribution is 5.79. The van der Waals surface area contributed by atoms with Crippen LogP contribution in [0.2, 0.25) is 0 Å². The van der Waals surface area contributed by atoms with E-state index in [2.05, 4.69) is 10.4 Å². The molecule has 3 unspecified atom stereocenters. The fourth-order valence-corrected chi connectivity index (χ4v) is 3.53. The van der Waals surface area contributed by atoms with E-state index in [0.29, 0.717) is 13.0 Å². The van der Waals surface area contributed by atoms with Gasteiger partial charge in [-0.05, 0) is 31.7 Å². The Morgan fingerprint density at radius 2 is 2.24 bits per heavy atom. The van der Waals surface area contributed by atoms with Crippen LogP contribution in [0.5, 0.6) is 0 Å². The summed E-state index contributed by atoms with van der Waals surface area (Å²) in [4.78, 5) is 25.2. The minimum Gasteiger partial charge on any atom is -0.481 e. The third-order valence-corrected chi connectivity index (χ3v) is 4.49. The minimum atomic E-state index is -0.779. The Balaban J connectivity index is 1.46. The molecular weight excluding hydrogens is 272 g/mol. The van der Waals surface area contributed by atoms with Gasteiger partial charge in [0.15, 0.2) is 0 Å². The van der Waals surface area contributed by atoms with Crippen molar-refractivity contribution in [3.05, 3.63) is 18.5 Å². The maximum absolute atomic E-state index is 12.2. The summed E-state index contributed by atoms with van der Waals surface area (Å²) in [5.41, 5.74) is 0. The summed E-state index contributed by atoms with van der Waals surface area (Å²) in [5, 5.41) is 16.2. The van der Waals surface area contributed by atoms with Crippen LogP contribution in [0, 0.1) is 5.92 Å².